The number of hydrogen-bond donors (Lipinski definition) is 3. The lowest BCUT2D eigenvalue weighted by Crippen LogP contribution is -2.41. The molecule has 208 valence electrons. The highest BCUT2D eigenvalue weighted by Crippen LogP contribution is 2.35. The summed E-state index contributed by atoms with van der Waals surface area (Å²) in [5, 5.41) is 16.4. The van der Waals surface area contributed by atoms with Gasteiger partial charge in [-0.3, -0.25) is 10.1 Å². The van der Waals surface area contributed by atoms with E-state index in [-0.39, 0.29) is 11.3 Å². The molecule has 0 heterocycles. The first kappa shape index (κ1) is 30.6. The van der Waals surface area contributed by atoms with E-state index in [9.17, 15) is 14.7 Å². The van der Waals surface area contributed by atoms with Crippen molar-refractivity contribution in [3.05, 3.63) is 59.2 Å². The highest BCUT2D eigenvalue weighted by atomic mass is 32.2. The summed E-state index contributed by atoms with van der Waals surface area (Å²) >= 11 is 3.45. The van der Waals surface area contributed by atoms with Gasteiger partial charge >= 0.3 is 5.97 Å². The molecule has 1 fully saturated rings. The summed E-state index contributed by atoms with van der Waals surface area (Å²) in [5.41, 5.74) is 4.56. The molecular weight excluding hydrogens is 512 g/mol. The quantitative estimate of drug-likeness (QED) is 0.212. The molecule has 3 N–H and O–H groups in total. The van der Waals surface area contributed by atoms with Gasteiger partial charge in [0.2, 0.25) is 0 Å². The summed E-state index contributed by atoms with van der Waals surface area (Å²) in [7, 11) is 0. The molecule has 7 heteroatoms. The largest absolute Gasteiger partial charge is 0.480 e. The SMILES string of the molecule is CCSC(NC(C)CC1CCCCC1)c1ccc(C(=O)NC(CCSC)C(=O)O)c(-c2ccccc2C)c1. The van der Waals surface area contributed by atoms with E-state index in [4.69, 9.17) is 0 Å². The Morgan fingerprint density at radius 1 is 1.08 bits per heavy atom. The molecule has 3 atom stereocenters. The topological polar surface area (TPSA) is 78.4 Å². The van der Waals surface area contributed by atoms with Crippen molar-refractivity contribution in [2.24, 2.45) is 5.92 Å². The molecule has 1 aliphatic rings. The summed E-state index contributed by atoms with van der Waals surface area (Å²) in [6, 6.07) is 13.6. The lowest BCUT2D eigenvalue weighted by atomic mass is 9.85. The van der Waals surface area contributed by atoms with Crippen LogP contribution in [0.15, 0.2) is 42.5 Å². The maximum atomic E-state index is 13.4. The third-order valence-corrected chi connectivity index (χ3v) is 9.14. The summed E-state index contributed by atoms with van der Waals surface area (Å²) < 4.78 is 0. The van der Waals surface area contributed by atoms with Crippen LogP contribution in [0, 0.1) is 12.8 Å². The van der Waals surface area contributed by atoms with E-state index in [0.717, 1.165) is 33.9 Å². The first-order valence-corrected chi connectivity index (χ1v) is 16.4. The van der Waals surface area contributed by atoms with Gasteiger partial charge < -0.3 is 10.4 Å². The number of hydrogen-bond acceptors (Lipinski definition) is 5. The predicted molar refractivity (Wildman–Crippen MR) is 163 cm³/mol. The molecule has 0 radical (unpaired) electrons. The molecule has 5 nitrogen and oxygen atoms in total. The number of carbonyl (C=O) groups is 2. The Kier molecular flexibility index (Phi) is 12.5. The number of aliphatic carboxylic acids is 1. The molecule has 0 aliphatic heterocycles. The van der Waals surface area contributed by atoms with Gasteiger partial charge in [0, 0.05) is 11.6 Å². The fourth-order valence-corrected chi connectivity index (χ4v) is 6.88. The van der Waals surface area contributed by atoms with Crippen LogP contribution in [0.2, 0.25) is 0 Å². The van der Waals surface area contributed by atoms with Gasteiger partial charge in [-0.15, -0.1) is 11.8 Å². The minimum Gasteiger partial charge on any atom is -0.480 e. The van der Waals surface area contributed by atoms with Crippen LogP contribution in [-0.4, -0.2) is 46.8 Å². The van der Waals surface area contributed by atoms with Gasteiger partial charge in [-0.2, -0.15) is 11.8 Å². The Bertz CT molecular complexity index is 1060. The summed E-state index contributed by atoms with van der Waals surface area (Å²) in [6.07, 6.45) is 10.3. The van der Waals surface area contributed by atoms with Gasteiger partial charge in [-0.05, 0) is 84.8 Å². The zero-order chi connectivity index (χ0) is 27.5. The first-order valence-electron chi connectivity index (χ1n) is 13.9. The maximum absolute atomic E-state index is 13.4. The number of thioether (sulfide) groups is 2. The number of carbonyl (C=O) groups excluding carboxylic acids is 1. The van der Waals surface area contributed by atoms with Gasteiger partial charge in [0.1, 0.15) is 6.04 Å². The van der Waals surface area contributed by atoms with E-state index in [2.05, 4.69) is 30.5 Å². The Labute approximate surface area is 237 Å². The average molecular weight is 557 g/mol. The average Bonchev–Trinajstić information content (AvgIpc) is 2.91. The van der Waals surface area contributed by atoms with Crippen molar-refractivity contribution < 1.29 is 14.7 Å². The second-order valence-corrected chi connectivity index (χ2v) is 12.8. The third kappa shape index (κ3) is 8.78. The van der Waals surface area contributed by atoms with Gasteiger partial charge in [0.25, 0.3) is 5.91 Å². The number of benzene rings is 2. The minimum absolute atomic E-state index is 0.117. The minimum atomic E-state index is -1.00. The molecule has 38 heavy (non-hydrogen) atoms. The molecule has 0 saturated heterocycles. The molecule has 1 saturated carbocycles. The normalized spacial score (nSPS) is 16.5. The molecule has 2 aromatic carbocycles. The monoisotopic (exact) mass is 556 g/mol. The van der Waals surface area contributed by atoms with E-state index in [1.807, 2.05) is 61.3 Å². The Hall–Kier alpha value is -1.96. The second kappa shape index (κ2) is 15.6. The molecule has 0 spiro atoms. The zero-order valence-electron chi connectivity index (χ0n) is 23.3. The van der Waals surface area contributed by atoms with E-state index in [1.54, 1.807) is 11.8 Å². The number of nitrogens with one attached hydrogen (secondary N) is 2. The van der Waals surface area contributed by atoms with Gasteiger partial charge in [-0.25, -0.2) is 4.79 Å². The van der Waals surface area contributed by atoms with Gasteiger partial charge in [0.05, 0.1) is 5.37 Å². The van der Waals surface area contributed by atoms with Crippen molar-refractivity contribution >= 4 is 35.4 Å². The van der Waals surface area contributed by atoms with Gasteiger partial charge in [0.15, 0.2) is 0 Å². The van der Waals surface area contributed by atoms with Crippen LogP contribution in [0.1, 0.15) is 85.7 Å². The van der Waals surface area contributed by atoms with Gasteiger partial charge in [-0.1, -0.05) is 69.4 Å². The van der Waals surface area contributed by atoms with Crippen LogP contribution in [-0.2, 0) is 4.79 Å². The predicted octanol–water partition coefficient (Wildman–Crippen LogP) is 7.30. The van der Waals surface area contributed by atoms with E-state index in [1.165, 1.54) is 38.5 Å². The fourth-order valence-electron chi connectivity index (χ4n) is 5.41. The van der Waals surface area contributed by atoms with Crippen LogP contribution in [0.3, 0.4) is 0 Å². The van der Waals surface area contributed by atoms with Crippen LogP contribution in [0.4, 0.5) is 0 Å². The molecule has 1 aliphatic carbocycles. The zero-order valence-corrected chi connectivity index (χ0v) is 24.9. The smallest absolute Gasteiger partial charge is 0.326 e. The Morgan fingerprint density at radius 3 is 2.47 bits per heavy atom. The fraction of sp³-hybridized carbons (Fsp3) is 0.548. The number of carboxylic acids is 1. The van der Waals surface area contributed by atoms with Crippen LogP contribution in [0.25, 0.3) is 11.1 Å². The molecule has 3 unspecified atom stereocenters. The second-order valence-electron chi connectivity index (χ2n) is 10.4. The number of amides is 1. The van der Waals surface area contributed by atoms with Crippen molar-refractivity contribution in [1.82, 2.24) is 10.6 Å². The lowest BCUT2D eigenvalue weighted by molar-refractivity contribution is -0.139. The van der Waals surface area contributed by atoms with E-state index < -0.39 is 12.0 Å². The van der Waals surface area contributed by atoms with Crippen molar-refractivity contribution in [3.8, 4) is 11.1 Å². The molecule has 0 bridgehead atoms. The van der Waals surface area contributed by atoms with Crippen LogP contribution < -0.4 is 10.6 Å². The Balaban J connectivity index is 1.91. The number of aryl methyl sites for hydroxylation is 1. The summed E-state index contributed by atoms with van der Waals surface area (Å²) in [4.78, 5) is 25.2. The van der Waals surface area contributed by atoms with Crippen molar-refractivity contribution in [2.75, 3.05) is 17.8 Å². The van der Waals surface area contributed by atoms with Crippen molar-refractivity contribution in [1.29, 1.82) is 0 Å². The first-order chi connectivity index (χ1) is 18.3. The highest BCUT2D eigenvalue weighted by molar-refractivity contribution is 7.99. The molecule has 2 aromatic rings. The number of rotatable bonds is 14. The molecule has 1 amide bonds. The standard InChI is InChI=1S/C31H44N2O3S2/c1-5-38-30(32-22(3)19-23-12-7-6-8-13-23)24-15-16-26(27(20-24)25-14-10-9-11-21(25)2)29(34)33-28(31(35)36)17-18-37-4/h9-11,14-16,20,22-23,28,30,32H,5-8,12-13,17-19H2,1-4H3,(H,33,34)(H,35,36). The third-order valence-electron chi connectivity index (χ3n) is 7.42. The van der Waals surface area contributed by atoms with Crippen LogP contribution >= 0.6 is 23.5 Å². The highest BCUT2D eigenvalue weighted by Gasteiger charge is 2.25. The number of carboxylic acid groups (broad SMARTS) is 1. The molecule has 3 rings (SSSR count). The van der Waals surface area contributed by atoms with Crippen LogP contribution in [0.5, 0.6) is 0 Å². The Morgan fingerprint density at radius 2 is 1.82 bits per heavy atom. The van der Waals surface area contributed by atoms with E-state index in [0.29, 0.717) is 23.8 Å². The summed E-state index contributed by atoms with van der Waals surface area (Å²) in [5.74, 6) is 1.10. The molecule has 0 aromatic heterocycles. The summed E-state index contributed by atoms with van der Waals surface area (Å²) in [6.45, 7) is 6.52. The van der Waals surface area contributed by atoms with Crippen molar-refractivity contribution in [3.63, 3.8) is 0 Å². The maximum Gasteiger partial charge on any atom is 0.326 e. The lowest BCUT2D eigenvalue weighted by Gasteiger charge is -2.29. The van der Waals surface area contributed by atoms with Crippen molar-refractivity contribution in [2.45, 2.75) is 83.2 Å². The van der Waals surface area contributed by atoms with E-state index >= 15 is 0 Å². The molecular formula is C31H44N2O3S2.